The Morgan fingerprint density at radius 2 is 2.33 bits per heavy atom. The third-order valence-electron chi connectivity index (χ3n) is 2.19. The van der Waals surface area contributed by atoms with Gasteiger partial charge in [-0.15, -0.1) is 0 Å². The summed E-state index contributed by atoms with van der Waals surface area (Å²) < 4.78 is 5.44. The molecule has 1 N–H and O–H groups in total. The molecular formula is C11H11NO3. The van der Waals surface area contributed by atoms with Crippen molar-refractivity contribution in [3.8, 4) is 0 Å². The number of hydrogen-bond donors (Lipinski definition) is 1. The average molecular weight is 205 g/mol. The lowest BCUT2D eigenvalue weighted by Crippen LogP contribution is -2.00. The molecule has 78 valence electrons. The number of carbonyl (C=O) groups is 1. The molecular weight excluding hydrogens is 194 g/mol. The predicted molar refractivity (Wildman–Crippen MR) is 54.7 cm³/mol. The van der Waals surface area contributed by atoms with Crippen molar-refractivity contribution in [3.63, 3.8) is 0 Å². The van der Waals surface area contributed by atoms with Gasteiger partial charge in [0, 0.05) is 6.42 Å². The summed E-state index contributed by atoms with van der Waals surface area (Å²) in [6, 6.07) is 5.34. The lowest BCUT2D eigenvalue weighted by atomic mass is 10.1. The Morgan fingerprint density at radius 1 is 1.53 bits per heavy atom. The van der Waals surface area contributed by atoms with Crippen LogP contribution in [0.15, 0.2) is 22.6 Å². The second-order valence-electron chi connectivity index (χ2n) is 3.30. The van der Waals surface area contributed by atoms with Gasteiger partial charge in [-0.1, -0.05) is 19.1 Å². The Bertz CT molecular complexity index is 502. The predicted octanol–water partition coefficient (Wildman–Crippen LogP) is 2.02. The largest absolute Gasteiger partial charge is 0.481 e. The van der Waals surface area contributed by atoms with Gasteiger partial charge in [0.25, 0.3) is 0 Å². The Morgan fingerprint density at radius 3 is 3.00 bits per heavy atom. The summed E-state index contributed by atoms with van der Waals surface area (Å²) in [6.07, 6.45) is 0.689. The van der Waals surface area contributed by atoms with Crippen molar-refractivity contribution in [2.24, 2.45) is 0 Å². The summed E-state index contributed by atoms with van der Waals surface area (Å²) in [5, 5.41) is 8.73. The number of carboxylic acids is 1. The van der Waals surface area contributed by atoms with Gasteiger partial charge in [0.05, 0.1) is 6.42 Å². The summed E-state index contributed by atoms with van der Waals surface area (Å²) in [4.78, 5) is 14.9. The molecule has 15 heavy (non-hydrogen) atoms. The molecule has 4 nitrogen and oxygen atoms in total. The molecule has 1 aromatic heterocycles. The Hall–Kier alpha value is -1.84. The summed E-state index contributed by atoms with van der Waals surface area (Å²) in [7, 11) is 0. The van der Waals surface area contributed by atoms with Gasteiger partial charge in [-0.05, 0) is 11.6 Å². The van der Waals surface area contributed by atoms with Crippen molar-refractivity contribution in [2.75, 3.05) is 0 Å². The zero-order chi connectivity index (χ0) is 10.8. The van der Waals surface area contributed by atoms with E-state index in [4.69, 9.17) is 9.52 Å². The molecule has 0 aliphatic rings. The van der Waals surface area contributed by atoms with Crippen LogP contribution in [-0.4, -0.2) is 16.1 Å². The number of aliphatic carboxylic acids is 1. The normalized spacial score (nSPS) is 10.7. The van der Waals surface area contributed by atoms with E-state index in [1.165, 1.54) is 0 Å². The lowest BCUT2D eigenvalue weighted by Gasteiger charge is -1.95. The highest BCUT2D eigenvalue weighted by Gasteiger charge is 2.10. The van der Waals surface area contributed by atoms with Crippen molar-refractivity contribution in [3.05, 3.63) is 29.7 Å². The highest BCUT2D eigenvalue weighted by molar-refractivity contribution is 5.82. The maximum Gasteiger partial charge on any atom is 0.307 e. The van der Waals surface area contributed by atoms with Crippen LogP contribution >= 0.6 is 0 Å². The van der Waals surface area contributed by atoms with Gasteiger partial charge in [-0.25, -0.2) is 4.98 Å². The molecule has 0 unspecified atom stereocenters. The van der Waals surface area contributed by atoms with Crippen molar-refractivity contribution >= 4 is 17.1 Å². The van der Waals surface area contributed by atoms with Gasteiger partial charge in [0.15, 0.2) is 11.5 Å². The minimum absolute atomic E-state index is 0.0208. The first-order chi connectivity index (χ1) is 7.20. The molecule has 2 rings (SSSR count). The highest BCUT2D eigenvalue weighted by Crippen LogP contribution is 2.20. The second-order valence-corrected chi connectivity index (χ2v) is 3.30. The molecule has 0 spiro atoms. The molecule has 0 bridgehead atoms. The molecule has 1 aromatic carbocycles. The van der Waals surface area contributed by atoms with Crippen LogP contribution in [0.25, 0.3) is 11.1 Å². The van der Waals surface area contributed by atoms with Crippen LogP contribution in [-0.2, 0) is 17.6 Å². The standard InChI is InChI=1S/C11H11NO3/c1-2-9-12-11-7(6-10(13)14)4-3-5-8(11)15-9/h3-5H,2,6H2,1H3,(H,13,14). The number of oxazole rings is 1. The fourth-order valence-corrected chi connectivity index (χ4v) is 1.51. The number of nitrogens with zero attached hydrogens (tertiary/aromatic N) is 1. The van der Waals surface area contributed by atoms with Crippen molar-refractivity contribution in [1.82, 2.24) is 4.98 Å². The fourth-order valence-electron chi connectivity index (χ4n) is 1.51. The molecule has 0 atom stereocenters. The fraction of sp³-hybridized carbons (Fsp3) is 0.273. The molecule has 0 fully saturated rings. The van der Waals surface area contributed by atoms with E-state index in [0.29, 0.717) is 29.0 Å². The molecule has 0 amide bonds. The Labute approximate surface area is 86.5 Å². The van der Waals surface area contributed by atoms with E-state index in [2.05, 4.69) is 4.98 Å². The van der Waals surface area contributed by atoms with Gasteiger partial charge in [0.2, 0.25) is 0 Å². The quantitative estimate of drug-likeness (QED) is 0.832. The summed E-state index contributed by atoms with van der Waals surface area (Å²) in [6.45, 7) is 1.95. The van der Waals surface area contributed by atoms with Crippen LogP contribution in [0.5, 0.6) is 0 Å². The minimum atomic E-state index is -0.858. The molecule has 0 saturated carbocycles. The first-order valence-electron chi connectivity index (χ1n) is 4.79. The molecule has 0 saturated heterocycles. The van der Waals surface area contributed by atoms with E-state index in [-0.39, 0.29) is 6.42 Å². The summed E-state index contributed by atoms with van der Waals surface area (Å²) in [5.74, 6) is -0.216. The van der Waals surface area contributed by atoms with Gasteiger partial charge >= 0.3 is 5.97 Å². The van der Waals surface area contributed by atoms with Crippen LogP contribution in [0.2, 0.25) is 0 Å². The second kappa shape index (κ2) is 3.73. The molecule has 1 heterocycles. The van der Waals surface area contributed by atoms with E-state index in [1.807, 2.05) is 6.92 Å². The van der Waals surface area contributed by atoms with Gasteiger partial charge < -0.3 is 9.52 Å². The van der Waals surface area contributed by atoms with E-state index in [0.717, 1.165) is 0 Å². The van der Waals surface area contributed by atoms with Crippen LogP contribution in [0, 0.1) is 0 Å². The number of fused-ring (bicyclic) bond motifs is 1. The smallest absolute Gasteiger partial charge is 0.307 e. The number of aromatic nitrogens is 1. The monoisotopic (exact) mass is 205 g/mol. The SMILES string of the molecule is CCc1nc2c(CC(=O)O)cccc2o1. The van der Waals surface area contributed by atoms with Gasteiger partial charge in [-0.2, -0.15) is 0 Å². The van der Waals surface area contributed by atoms with E-state index in [1.54, 1.807) is 18.2 Å². The van der Waals surface area contributed by atoms with E-state index >= 15 is 0 Å². The third kappa shape index (κ3) is 1.83. The zero-order valence-electron chi connectivity index (χ0n) is 8.36. The number of rotatable bonds is 3. The summed E-state index contributed by atoms with van der Waals surface area (Å²) >= 11 is 0. The van der Waals surface area contributed by atoms with E-state index < -0.39 is 5.97 Å². The summed E-state index contributed by atoms with van der Waals surface area (Å²) in [5.41, 5.74) is 2.02. The third-order valence-corrected chi connectivity index (χ3v) is 2.19. The lowest BCUT2D eigenvalue weighted by molar-refractivity contribution is -0.136. The molecule has 0 radical (unpaired) electrons. The molecule has 4 heteroatoms. The zero-order valence-corrected chi connectivity index (χ0v) is 8.36. The van der Waals surface area contributed by atoms with Gasteiger partial charge in [0.1, 0.15) is 5.52 Å². The number of aryl methyl sites for hydroxylation is 1. The minimum Gasteiger partial charge on any atom is -0.481 e. The highest BCUT2D eigenvalue weighted by atomic mass is 16.4. The van der Waals surface area contributed by atoms with Crippen LogP contribution in [0.3, 0.4) is 0 Å². The van der Waals surface area contributed by atoms with Crippen LogP contribution in [0.4, 0.5) is 0 Å². The van der Waals surface area contributed by atoms with Crippen molar-refractivity contribution in [1.29, 1.82) is 0 Å². The molecule has 0 aliphatic heterocycles. The molecule has 0 aliphatic carbocycles. The Balaban J connectivity index is 2.54. The van der Waals surface area contributed by atoms with Crippen LogP contribution < -0.4 is 0 Å². The van der Waals surface area contributed by atoms with Crippen molar-refractivity contribution < 1.29 is 14.3 Å². The van der Waals surface area contributed by atoms with Crippen LogP contribution in [0.1, 0.15) is 18.4 Å². The van der Waals surface area contributed by atoms with Crippen molar-refractivity contribution in [2.45, 2.75) is 19.8 Å². The maximum absolute atomic E-state index is 10.6. The first-order valence-corrected chi connectivity index (χ1v) is 4.79. The average Bonchev–Trinajstić information content (AvgIpc) is 2.61. The van der Waals surface area contributed by atoms with Gasteiger partial charge in [-0.3, -0.25) is 4.79 Å². The first kappa shape index (κ1) is 9.71. The number of hydrogen-bond acceptors (Lipinski definition) is 3. The molecule has 2 aromatic rings. The number of para-hydroxylation sites is 1. The Kier molecular flexibility index (Phi) is 2.41. The number of benzene rings is 1. The maximum atomic E-state index is 10.6. The van der Waals surface area contributed by atoms with E-state index in [9.17, 15) is 4.79 Å². The topological polar surface area (TPSA) is 63.3 Å². The number of carboxylic acid groups (broad SMARTS) is 1.